The summed E-state index contributed by atoms with van der Waals surface area (Å²) in [5.41, 5.74) is 0.881. The second-order valence-corrected chi connectivity index (χ2v) is 7.76. The lowest BCUT2D eigenvalue weighted by molar-refractivity contribution is 0.235. The fraction of sp³-hybridized carbons (Fsp3) is 0.105. The van der Waals surface area contributed by atoms with E-state index in [4.69, 9.17) is 0 Å². The molecule has 126 valence electrons. The maximum Gasteiger partial charge on any atom is 0.331 e. The molecule has 0 aliphatic carbocycles. The summed E-state index contributed by atoms with van der Waals surface area (Å²) >= 11 is 0. The van der Waals surface area contributed by atoms with Crippen LogP contribution in [-0.4, -0.2) is 25.3 Å². The van der Waals surface area contributed by atoms with Crippen molar-refractivity contribution in [3.63, 3.8) is 0 Å². The van der Waals surface area contributed by atoms with E-state index in [2.05, 4.69) is 5.32 Å². The number of hydrogen-bond donors (Lipinski definition) is 1. The summed E-state index contributed by atoms with van der Waals surface area (Å²) in [6.07, 6.45) is 0. The molecule has 3 aromatic carbocycles. The Labute approximate surface area is 145 Å². The minimum Gasteiger partial charge on any atom is -0.328 e. The normalized spacial score (nSPS) is 17.7. The third-order valence-electron chi connectivity index (χ3n) is 4.39. The summed E-state index contributed by atoms with van der Waals surface area (Å²) in [5.74, 6) is 0. The first-order valence-electron chi connectivity index (χ1n) is 7.93. The zero-order chi connectivity index (χ0) is 17.4. The van der Waals surface area contributed by atoms with Gasteiger partial charge in [0.2, 0.25) is 0 Å². The van der Waals surface area contributed by atoms with E-state index in [0.29, 0.717) is 5.39 Å². The molecular weight excluding hydrogens is 336 g/mol. The quantitative estimate of drug-likeness (QED) is 0.786. The molecule has 1 atom stereocenters. The van der Waals surface area contributed by atoms with Crippen LogP contribution in [0.1, 0.15) is 11.6 Å². The predicted molar refractivity (Wildman–Crippen MR) is 95.6 cm³/mol. The molecule has 1 aliphatic rings. The van der Waals surface area contributed by atoms with Gasteiger partial charge in [0.1, 0.15) is 0 Å². The van der Waals surface area contributed by atoms with Crippen molar-refractivity contribution in [2.45, 2.75) is 10.9 Å². The van der Waals surface area contributed by atoms with Gasteiger partial charge in [-0.15, -0.1) is 0 Å². The topological polar surface area (TPSA) is 66.5 Å². The molecule has 0 spiro atoms. The summed E-state index contributed by atoms with van der Waals surface area (Å²) in [6, 6.07) is 20.8. The van der Waals surface area contributed by atoms with Crippen molar-refractivity contribution in [1.29, 1.82) is 0 Å². The maximum absolute atomic E-state index is 13.1. The van der Waals surface area contributed by atoms with Crippen LogP contribution in [0, 0.1) is 0 Å². The standard InChI is InChI=1S/C19H16N2O3S/c22-19-20-17(15-8-2-1-3-9-15)13-21(19)25(23,24)18-12-6-10-14-7-4-5-11-16(14)18/h1-12,17H,13H2,(H,20,22). The molecule has 1 N–H and O–H groups in total. The Balaban J connectivity index is 1.74. The van der Waals surface area contributed by atoms with Crippen molar-refractivity contribution >= 4 is 26.8 Å². The molecule has 3 aromatic rings. The highest BCUT2D eigenvalue weighted by atomic mass is 32.2. The fourth-order valence-corrected chi connectivity index (χ4v) is 4.70. The van der Waals surface area contributed by atoms with Gasteiger partial charge in [0, 0.05) is 5.39 Å². The number of fused-ring (bicyclic) bond motifs is 1. The van der Waals surface area contributed by atoms with Gasteiger partial charge in [0.25, 0.3) is 10.0 Å². The monoisotopic (exact) mass is 352 g/mol. The summed E-state index contributed by atoms with van der Waals surface area (Å²) < 4.78 is 27.1. The lowest BCUT2D eigenvalue weighted by Crippen LogP contribution is -2.34. The first-order valence-corrected chi connectivity index (χ1v) is 9.37. The molecule has 0 bridgehead atoms. The van der Waals surface area contributed by atoms with Crippen LogP contribution < -0.4 is 5.32 Å². The van der Waals surface area contributed by atoms with Gasteiger partial charge in [-0.2, -0.15) is 0 Å². The molecule has 1 heterocycles. The minimum atomic E-state index is -3.93. The summed E-state index contributed by atoms with van der Waals surface area (Å²) in [5, 5.41) is 4.19. The van der Waals surface area contributed by atoms with Gasteiger partial charge in [0.05, 0.1) is 17.5 Å². The highest BCUT2D eigenvalue weighted by Crippen LogP contribution is 2.29. The SMILES string of the molecule is O=C1NC(c2ccccc2)CN1S(=O)(=O)c1cccc2ccccc12. The van der Waals surface area contributed by atoms with Crippen molar-refractivity contribution in [2.75, 3.05) is 6.54 Å². The van der Waals surface area contributed by atoms with Crippen LogP contribution in [0.5, 0.6) is 0 Å². The van der Waals surface area contributed by atoms with Crippen molar-refractivity contribution in [2.24, 2.45) is 0 Å². The van der Waals surface area contributed by atoms with E-state index in [1.165, 1.54) is 0 Å². The van der Waals surface area contributed by atoms with Gasteiger partial charge in [0.15, 0.2) is 0 Å². The molecular formula is C19H16N2O3S. The van der Waals surface area contributed by atoms with Crippen LogP contribution in [0.2, 0.25) is 0 Å². The van der Waals surface area contributed by atoms with Gasteiger partial charge in [-0.1, -0.05) is 66.7 Å². The lowest BCUT2D eigenvalue weighted by atomic mass is 10.1. The Morgan fingerprint density at radius 3 is 2.36 bits per heavy atom. The predicted octanol–water partition coefficient (Wildman–Crippen LogP) is 3.30. The molecule has 0 aromatic heterocycles. The molecule has 2 amide bonds. The Kier molecular flexibility index (Phi) is 3.69. The van der Waals surface area contributed by atoms with E-state index < -0.39 is 16.1 Å². The van der Waals surface area contributed by atoms with Crippen LogP contribution in [0.4, 0.5) is 4.79 Å². The molecule has 1 fully saturated rings. The molecule has 6 heteroatoms. The van der Waals surface area contributed by atoms with E-state index >= 15 is 0 Å². The minimum absolute atomic E-state index is 0.0778. The van der Waals surface area contributed by atoms with E-state index in [0.717, 1.165) is 15.3 Å². The van der Waals surface area contributed by atoms with Gasteiger partial charge < -0.3 is 5.32 Å². The maximum atomic E-state index is 13.1. The van der Waals surface area contributed by atoms with E-state index in [9.17, 15) is 13.2 Å². The number of nitrogens with one attached hydrogen (secondary N) is 1. The largest absolute Gasteiger partial charge is 0.331 e. The number of rotatable bonds is 3. The van der Waals surface area contributed by atoms with Crippen molar-refractivity contribution < 1.29 is 13.2 Å². The van der Waals surface area contributed by atoms with Crippen LogP contribution >= 0.6 is 0 Å². The summed E-state index contributed by atoms with van der Waals surface area (Å²) in [4.78, 5) is 12.5. The zero-order valence-corrected chi connectivity index (χ0v) is 14.1. The van der Waals surface area contributed by atoms with Crippen molar-refractivity contribution in [1.82, 2.24) is 9.62 Å². The highest BCUT2D eigenvalue weighted by Gasteiger charge is 2.39. The van der Waals surface area contributed by atoms with Gasteiger partial charge >= 0.3 is 6.03 Å². The highest BCUT2D eigenvalue weighted by molar-refractivity contribution is 7.90. The Hall–Kier alpha value is -2.86. The number of carbonyl (C=O) groups excluding carboxylic acids is 1. The van der Waals surface area contributed by atoms with Crippen LogP contribution in [0.3, 0.4) is 0 Å². The molecule has 4 rings (SSSR count). The zero-order valence-electron chi connectivity index (χ0n) is 13.3. The number of sulfonamides is 1. The Morgan fingerprint density at radius 1 is 0.880 bits per heavy atom. The fourth-order valence-electron chi connectivity index (χ4n) is 3.14. The number of urea groups is 1. The Bertz CT molecular complexity index is 1040. The van der Waals surface area contributed by atoms with Crippen LogP contribution in [-0.2, 0) is 10.0 Å². The summed E-state index contributed by atoms with van der Waals surface area (Å²) in [7, 11) is -3.93. The summed E-state index contributed by atoms with van der Waals surface area (Å²) in [6.45, 7) is 0.0778. The van der Waals surface area contributed by atoms with Gasteiger partial charge in [-0.25, -0.2) is 17.5 Å². The Morgan fingerprint density at radius 2 is 1.56 bits per heavy atom. The molecule has 1 saturated heterocycles. The third kappa shape index (κ3) is 2.64. The second kappa shape index (κ2) is 5.89. The molecule has 0 radical (unpaired) electrons. The molecule has 1 unspecified atom stereocenters. The molecule has 0 saturated carbocycles. The van der Waals surface area contributed by atoms with E-state index in [1.54, 1.807) is 24.3 Å². The van der Waals surface area contributed by atoms with Crippen molar-refractivity contribution in [3.05, 3.63) is 78.4 Å². The third-order valence-corrected chi connectivity index (χ3v) is 6.20. The van der Waals surface area contributed by atoms with E-state index in [1.807, 2.05) is 48.5 Å². The number of nitrogens with zero attached hydrogens (tertiary/aromatic N) is 1. The average Bonchev–Trinajstić information content (AvgIpc) is 3.04. The van der Waals surface area contributed by atoms with Crippen molar-refractivity contribution in [3.8, 4) is 0 Å². The number of amides is 2. The molecule has 25 heavy (non-hydrogen) atoms. The average molecular weight is 352 g/mol. The van der Waals surface area contributed by atoms with Crippen LogP contribution in [0.25, 0.3) is 10.8 Å². The number of carbonyl (C=O) groups is 1. The first kappa shape index (κ1) is 15.7. The number of hydrogen-bond acceptors (Lipinski definition) is 3. The van der Waals surface area contributed by atoms with E-state index in [-0.39, 0.29) is 17.5 Å². The first-order chi connectivity index (χ1) is 12.1. The lowest BCUT2D eigenvalue weighted by Gasteiger charge is -2.17. The van der Waals surface area contributed by atoms with Gasteiger partial charge in [-0.05, 0) is 17.0 Å². The smallest absolute Gasteiger partial charge is 0.328 e. The van der Waals surface area contributed by atoms with Gasteiger partial charge in [-0.3, -0.25) is 0 Å². The molecule has 5 nitrogen and oxygen atoms in total. The van der Waals surface area contributed by atoms with Crippen LogP contribution in [0.15, 0.2) is 77.7 Å². The molecule has 1 aliphatic heterocycles. The second-order valence-electron chi connectivity index (χ2n) is 5.93. The number of benzene rings is 3.